The van der Waals surface area contributed by atoms with Gasteiger partial charge in [-0.3, -0.25) is 0 Å². The maximum absolute atomic E-state index is 2.44. The highest BCUT2D eigenvalue weighted by atomic mass is 28.3. The quantitative estimate of drug-likeness (QED) is 0.401. The molecule has 0 heterocycles. The van der Waals surface area contributed by atoms with Gasteiger partial charge in [0.15, 0.2) is 0 Å². The minimum atomic E-state index is -0.682. The topological polar surface area (TPSA) is 0 Å². The summed E-state index contributed by atoms with van der Waals surface area (Å²) in [5.74, 6) is 0. The molecule has 0 saturated carbocycles. The molecule has 3 aromatic carbocycles. The van der Waals surface area contributed by atoms with Gasteiger partial charge in [-0.2, -0.15) is 0 Å². The lowest BCUT2D eigenvalue weighted by Gasteiger charge is -2.25. The van der Waals surface area contributed by atoms with E-state index >= 15 is 0 Å². The monoisotopic (exact) mass is 399 g/mol. The van der Waals surface area contributed by atoms with E-state index in [1.54, 1.807) is 5.19 Å². The van der Waals surface area contributed by atoms with Crippen molar-refractivity contribution in [2.24, 2.45) is 0 Å². The normalized spacial score (nSPS) is 11.4. The van der Waals surface area contributed by atoms with Crippen LogP contribution in [0.5, 0.6) is 0 Å². The Morgan fingerprint density at radius 1 is 0.517 bits per heavy atom. The summed E-state index contributed by atoms with van der Waals surface area (Å²) in [6.45, 7) is 23.0. The minimum Gasteiger partial charge on any atom is -0.0670 e. The van der Waals surface area contributed by atoms with Crippen LogP contribution in [0.4, 0.5) is 0 Å². The SMILES string of the molecule is Cc1cc(C)c(C)c(-c2cccc(-c3c(C)c(C)cc(C)c3C)c2[Si](C)C)c1C. The maximum Gasteiger partial charge on any atom is 0.0808 e. The second-order valence-corrected chi connectivity index (χ2v) is 11.5. The van der Waals surface area contributed by atoms with Crippen LogP contribution in [0.25, 0.3) is 22.3 Å². The highest BCUT2D eigenvalue weighted by Gasteiger charge is 2.22. The van der Waals surface area contributed by atoms with Crippen LogP contribution in [-0.2, 0) is 0 Å². The lowest BCUT2D eigenvalue weighted by atomic mass is 9.85. The number of rotatable bonds is 3. The van der Waals surface area contributed by atoms with Crippen molar-refractivity contribution in [3.05, 3.63) is 74.8 Å². The van der Waals surface area contributed by atoms with Crippen LogP contribution in [0.15, 0.2) is 30.3 Å². The molecule has 0 aliphatic carbocycles. The van der Waals surface area contributed by atoms with Gasteiger partial charge in [0, 0.05) is 0 Å². The van der Waals surface area contributed by atoms with Crippen LogP contribution in [0, 0.1) is 55.4 Å². The summed E-state index contributed by atoms with van der Waals surface area (Å²) < 4.78 is 0. The molecule has 0 spiro atoms. The van der Waals surface area contributed by atoms with E-state index in [4.69, 9.17) is 0 Å². The molecular weight excluding hydrogens is 364 g/mol. The third kappa shape index (κ3) is 3.62. The zero-order valence-electron chi connectivity index (χ0n) is 19.9. The first-order valence-electron chi connectivity index (χ1n) is 10.6. The summed E-state index contributed by atoms with van der Waals surface area (Å²) in [4.78, 5) is 0. The van der Waals surface area contributed by atoms with Gasteiger partial charge < -0.3 is 0 Å². The zero-order chi connectivity index (χ0) is 21.6. The molecule has 0 aliphatic rings. The molecule has 151 valence electrons. The van der Waals surface area contributed by atoms with Gasteiger partial charge in [-0.1, -0.05) is 43.4 Å². The van der Waals surface area contributed by atoms with E-state index < -0.39 is 8.80 Å². The second kappa shape index (κ2) is 7.95. The fraction of sp³-hybridized carbons (Fsp3) is 0.357. The summed E-state index contributed by atoms with van der Waals surface area (Å²) in [7, 11) is -0.682. The standard InChI is InChI=1S/C28H35Si/c1-16-14-17(2)21(6)26(20(16)5)24-12-11-13-25(28(24)29(9)10)27-22(7)18(3)15-19(4)23(27)8/h11-15H,1-10H3. The van der Waals surface area contributed by atoms with Crippen LogP contribution >= 0.6 is 0 Å². The second-order valence-electron chi connectivity index (χ2n) is 9.00. The molecule has 29 heavy (non-hydrogen) atoms. The van der Waals surface area contributed by atoms with Crippen LogP contribution in [0.1, 0.15) is 44.5 Å². The molecule has 3 aromatic rings. The first kappa shape index (κ1) is 21.6. The lowest BCUT2D eigenvalue weighted by molar-refractivity contribution is 1.24. The Labute approximate surface area is 179 Å². The molecular formula is C28H35Si. The fourth-order valence-electron chi connectivity index (χ4n) is 4.75. The van der Waals surface area contributed by atoms with Gasteiger partial charge in [0.25, 0.3) is 0 Å². The number of aryl methyl sites for hydroxylation is 4. The average Bonchev–Trinajstić information content (AvgIpc) is 2.65. The van der Waals surface area contributed by atoms with E-state index in [0.29, 0.717) is 0 Å². The van der Waals surface area contributed by atoms with E-state index in [1.165, 1.54) is 66.8 Å². The maximum atomic E-state index is 2.44. The van der Waals surface area contributed by atoms with Crippen LogP contribution < -0.4 is 5.19 Å². The van der Waals surface area contributed by atoms with Crippen molar-refractivity contribution < 1.29 is 0 Å². The minimum absolute atomic E-state index is 0.682. The summed E-state index contributed by atoms with van der Waals surface area (Å²) in [5.41, 5.74) is 17.0. The molecule has 0 atom stereocenters. The molecule has 1 radical (unpaired) electrons. The molecule has 0 bridgehead atoms. The van der Waals surface area contributed by atoms with Gasteiger partial charge in [-0.05, 0) is 127 Å². The van der Waals surface area contributed by atoms with E-state index in [9.17, 15) is 0 Å². The molecule has 0 saturated heterocycles. The lowest BCUT2D eigenvalue weighted by Crippen LogP contribution is -2.28. The zero-order valence-corrected chi connectivity index (χ0v) is 20.9. The predicted molar refractivity (Wildman–Crippen MR) is 132 cm³/mol. The van der Waals surface area contributed by atoms with Gasteiger partial charge in [0.2, 0.25) is 0 Å². The Kier molecular flexibility index (Phi) is 5.92. The van der Waals surface area contributed by atoms with Crippen LogP contribution in [-0.4, -0.2) is 8.80 Å². The molecule has 0 unspecified atom stereocenters. The van der Waals surface area contributed by atoms with Gasteiger partial charge in [-0.15, -0.1) is 0 Å². The molecule has 0 aromatic heterocycles. The number of hydrogen-bond donors (Lipinski definition) is 0. The molecule has 0 fully saturated rings. The van der Waals surface area contributed by atoms with Gasteiger partial charge in [-0.25, -0.2) is 0 Å². The molecule has 1 heteroatoms. The molecule has 3 rings (SSSR count). The van der Waals surface area contributed by atoms with Crippen LogP contribution in [0.2, 0.25) is 13.1 Å². The average molecular weight is 400 g/mol. The number of hydrogen-bond acceptors (Lipinski definition) is 0. The van der Waals surface area contributed by atoms with Crippen molar-refractivity contribution in [1.29, 1.82) is 0 Å². The van der Waals surface area contributed by atoms with Gasteiger partial charge in [0.1, 0.15) is 0 Å². The van der Waals surface area contributed by atoms with Crippen molar-refractivity contribution in [2.45, 2.75) is 68.5 Å². The van der Waals surface area contributed by atoms with Crippen LogP contribution in [0.3, 0.4) is 0 Å². The first-order chi connectivity index (χ1) is 13.6. The van der Waals surface area contributed by atoms with Crippen molar-refractivity contribution in [3.8, 4) is 22.3 Å². The van der Waals surface area contributed by atoms with Gasteiger partial charge in [0.05, 0.1) is 8.80 Å². The predicted octanol–water partition coefficient (Wildman–Crippen LogP) is 7.45. The summed E-state index contributed by atoms with van der Waals surface area (Å²) in [5, 5.41) is 1.57. The molecule has 0 nitrogen and oxygen atoms in total. The van der Waals surface area contributed by atoms with E-state index in [1.807, 2.05) is 0 Å². The largest absolute Gasteiger partial charge is 0.0808 e. The van der Waals surface area contributed by atoms with Crippen molar-refractivity contribution >= 4 is 14.0 Å². The Bertz CT molecular complexity index is 966. The Morgan fingerprint density at radius 2 is 0.828 bits per heavy atom. The highest BCUT2D eigenvalue weighted by molar-refractivity contribution is 6.73. The van der Waals surface area contributed by atoms with E-state index in [0.717, 1.165) is 0 Å². The summed E-state index contributed by atoms with van der Waals surface area (Å²) in [6.07, 6.45) is 0. The van der Waals surface area contributed by atoms with E-state index in [2.05, 4.69) is 98.8 Å². The Hall–Kier alpha value is -2.12. The Morgan fingerprint density at radius 3 is 1.10 bits per heavy atom. The fourth-order valence-corrected chi connectivity index (χ4v) is 6.24. The highest BCUT2D eigenvalue weighted by Crippen LogP contribution is 2.36. The molecule has 0 aliphatic heterocycles. The van der Waals surface area contributed by atoms with E-state index in [-0.39, 0.29) is 0 Å². The van der Waals surface area contributed by atoms with Gasteiger partial charge >= 0.3 is 0 Å². The first-order valence-corrected chi connectivity index (χ1v) is 13.1. The molecule has 0 N–H and O–H groups in total. The number of benzene rings is 3. The van der Waals surface area contributed by atoms with Crippen molar-refractivity contribution in [1.82, 2.24) is 0 Å². The van der Waals surface area contributed by atoms with Crippen molar-refractivity contribution in [3.63, 3.8) is 0 Å². The summed E-state index contributed by atoms with van der Waals surface area (Å²) >= 11 is 0. The third-order valence-corrected chi connectivity index (χ3v) is 8.37. The third-order valence-electron chi connectivity index (χ3n) is 6.84. The summed E-state index contributed by atoms with van der Waals surface area (Å²) in [6, 6.07) is 11.7. The van der Waals surface area contributed by atoms with Crippen molar-refractivity contribution in [2.75, 3.05) is 0 Å². The smallest absolute Gasteiger partial charge is 0.0670 e. The molecule has 0 amide bonds. The Balaban J connectivity index is 2.47.